The molecule has 30 heavy (non-hydrogen) atoms. The van der Waals surface area contributed by atoms with Gasteiger partial charge in [0.1, 0.15) is 16.8 Å². The lowest BCUT2D eigenvalue weighted by atomic mass is 9.96. The Labute approximate surface area is 173 Å². The summed E-state index contributed by atoms with van der Waals surface area (Å²) in [4.78, 5) is 15.2. The van der Waals surface area contributed by atoms with Crippen molar-refractivity contribution >= 4 is 22.6 Å². The van der Waals surface area contributed by atoms with Gasteiger partial charge in [-0.1, -0.05) is 12.1 Å². The maximum absolute atomic E-state index is 12.9. The molecule has 1 fully saturated rings. The molecular weight excluding hydrogens is 380 g/mol. The van der Waals surface area contributed by atoms with E-state index in [9.17, 15) is 4.79 Å². The Kier molecular flexibility index (Phi) is 5.03. The molecule has 0 radical (unpaired) electrons. The first kappa shape index (κ1) is 18.6. The Morgan fingerprint density at radius 3 is 2.83 bits per heavy atom. The van der Waals surface area contributed by atoms with Crippen molar-refractivity contribution in [1.29, 1.82) is 0 Å². The van der Waals surface area contributed by atoms with Crippen molar-refractivity contribution in [2.24, 2.45) is 5.92 Å². The van der Waals surface area contributed by atoms with Gasteiger partial charge in [0.05, 0.1) is 12.2 Å². The van der Waals surface area contributed by atoms with Crippen LogP contribution in [0.1, 0.15) is 18.4 Å². The molecule has 1 unspecified atom stereocenters. The van der Waals surface area contributed by atoms with Gasteiger partial charge < -0.3 is 9.73 Å². The number of nitrogens with one attached hydrogen (secondary N) is 1. The summed E-state index contributed by atoms with van der Waals surface area (Å²) >= 11 is 0. The van der Waals surface area contributed by atoms with Crippen molar-refractivity contribution in [3.63, 3.8) is 0 Å². The number of hydrogen-bond acceptors (Lipinski definition) is 6. The van der Waals surface area contributed by atoms with Gasteiger partial charge in [-0.2, -0.15) is 0 Å². The van der Waals surface area contributed by atoms with E-state index in [1.165, 1.54) is 0 Å². The van der Waals surface area contributed by atoms with Crippen LogP contribution in [-0.4, -0.2) is 34.2 Å². The summed E-state index contributed by atoms with van der Waals surface area (Å²) in [6.07, 6.45) is 3.53. The molecule has 1 atom stereocenters. The molecular formula is C23H22N4O3. The summed E-state index contributed by atoms with van der Waals surface area (Å²) < 4.78 is 10.3. The van der Waals surface area contributed by atoms with Gasteiger partial charge in [-0.05, 0) is 77.7 Å². The van der Waals surface area contributed by atoms with Gasteiger partial charge in [0, 0.05) is 24.3 Å². The Bertz CT molecular complexity index is 1130. The molecule has 2 aromatic carbocycles. The monoisotopic (exact) mass is 402 g/mol. The molecule has 1 aliphatic rings. The number of nitrogens with zero attached hydrogens (tertiary/aromatic N) is 3. The third-order valence-corrected chi connectivity index (χ3v) is 5.60. The van der Waals surface area contributed by atoms with Crippen molar-refractivity contribution < 1.29 is 13.8 Å². The predicted octanol–water partition coefficient (Wildman–Crippen LogP) is 4.33. The summed E-state index contributed by atoms with van der Waals surface area (Å²) in [6, 6.07) is 17.4. The molecule has 3 heterocycles. The molecule has 0 aliphatic carbocycles. The maximum atomic E-state index is 12.9. The lowest BCUT2D eigenvalue weighted by Gasteiger charge is -2.32. The fraction of sp³-hybridized carbons (Fsp3) is 0.261. The summed E-state index contributed by atoms with van der Waals surface area (Å²) in [5, 5.41) is 11.0. The quantitative estimate of drug-likeness (QED) is 0.535. The van der Waals surface area contributed by atoms with Gasteiger partial charge in [-0.3, -0.25) is 9.69 Å². The third-order valence-electron chi connectivity index (χ3n) is 5.60. The normalized spacial score (nSPS) is 17.3. The smallest absolute Gasteiger partial charge is 0.228 e. The molecule has 2 aromatic heterocycles. The highest BCUT2D eigenvalue weighted by molar-refractivity contribution is 5.93. The first-order valence-electron chi connectivity index (χ1n) is 10.1. The SMILES string of the molecule is O=C(Nc1ccc(-c2ccco2)cc1)C1CCCN(Cc2cccc3nonc23)C1. The second-order valence-electron chi connectivity index (χ2n) is 7.67. The van der Waals surface area contributed by atoms with Crippen molar-refractivity contribution in [3.8, 4) is 11.3 Å². The van der Waals surface area contributed by atoms with Gasteiger partial charge in [0.2, 0.25) is 5.91 Å². The van der Waals surface area contributed by atoms with Crippen LogP contribution in [0, 0.1) is 5.92 Å². The molecule has 1 amide bonds. The van der Waals surface area contributed by atoms with Crippen LogP contribution in [-0.2, 0) is 11.3 Å². The van der Waals surface area contributed by atoms with Crippen molar-refractivity contribution in [2.75, 3.05) is 18.4 Å². The molecule has 1 N–H and O–H groups in total. The fourth-order valence-corrected chi connectivity index (χ4v) is 4.05. The van der Waals surface area contributed by atoms with Gasteiger partial charge >= 0.3 is 0 Å². The Morgan fingerprint density at radius 1 is 1.10 bits per heavy atom. The molecule has 1 saturated heterocycles. The number of fused-ring (bicyclic) bond motifs is 1. The van der Waals surface area contributed by atoms with Crippen LogP contribution in [0.25, 0.3) is 22.4 Å². The van der Waals surface area contributed by atoms with Gasteiger partial charge in [0.15, 0.2) is 0 Å². The number of benzene rings is 2. The number of carbonyl (C=O) groups is 1. The van der Waals surface area contributed by atoms with E-state index in [0.717, 1.165) is 66.1 Å². The van der Waals surface area contributed by atoms with E-state index in [4.69, 9.17) is 9.05 Å². The standard InChI is InChI=1S/C23H22N4O3/c28-23(24-19-10-8-16(9-11-19)21-7-3-13-29-21)18-5-2-12-27(15-18)14-17-4-1-6-20-22(17)26-30-25-20/h1,3-4,6-11,13,18H,2,5,12,14-15H2,(H,24,28). The summed E-state index contributed by atoms with van der Waals surface area (Å²) in [5.41, 5.74) is 4.41. The first-order valence-corrected chi connectivity index (χ1v) is 10.1. The zero-order valence-corrected chi connectivity index (χ0v) is 16.5. The maximum Gasteiger partial charge on any atom is 0.228 e. The largest absolute Gasteiger partial charge is 0.464 e. The first-order chi connectivity index (χ1) is 14.8. The van der Waals surface area contributed by atoms with E-state index in [1.807, 2.05) is 54.6 Å². The minimum absolute atomic E-state index is 0.0434. The number of hydrogen-bond donors (Lipinski definition) is 1. The van der Waals surface area contributed by atoms with E-state index in [1.54, 1.807) is 6.26 Å². The average Bonchev–Trinajstić information content (AvgIpc) is 3.47. The minimum Gasteiger partial charge on any atom is -0.464 e. The van der Waals surface area contributed by atoms with Crippen LogP contribution in [0.3, 0.4) is 0 Å². The minimum atomic E-state index is -0.0434. The summed E-state index contributed by atoms with van der Waals surface area (Å²) in [7, 11) is 0. The number of aromatic nitrogens is 2. The highest BCUT2D eigenvalue weighted by Gasteiger charge is 2.26. The number of furan rings is 1. The number of rotatable bonds is 5. The fourth-order valence-electron chi connectivity index (χ4n) is 4.05. The van der Waals surface area contributed by atoms with E-state index in [-0.39, 0.29) is 11.8 Å². The second-order valence-corrected chi connectivity index (χ2v) is 7.67. The number of amides is 1. The topological polar surface area (TPSA) is 84.4 Å². The highest BCUT2D eigenvalue weighted by atomic mass is 16.6. The van der Waals surface area contributed by atoms with Crippen LogP contribution in [0.4, 0.5) is 5.69 Å². The highest BCUT2D eigenvalue weighted by Crippen LogP contribution is 2.25. The van der Waals surface area contributed by atoms with Crippen molar-refractivity contribution in [3.05, 3.63) is 66.4 Å². The van der Waals surface area contributed by atoms with E-state index in [2.05, 4.69) is 20.5 Å². The number of anilines is 1. The predicted molar refractivity (Wildman–Crippen MR) is 113 cm³/mol. The zero-order chi connectivity index (χ0) is 20.3. The number of piperidine rings is 1. The molecule has 5 rings (SSSR count). The lowest BCUT2D eigenvalue weighted by Crippen LogP contribution is -2.40. The molecule has 7 heteroatoms. The van der Waals surface area contributed by atoms with Crippen LogP contribution in [0.15, 0.2) is 69.9 Å². The van der Waals surface area contributed by atoms with E-state index >= 15 is 0 Å². The van der Waals surface area contributed by atoms with E-state index in [0.29, 0.717) is 0 Å². The van der Waals surface area contributed by atoms with Crippen LogP contribution < -0.4 is 5.32 Å². The van der Waals surface area contributed by atoms with Gasteiger partial charge in [0.25, 0.3) is 0 Å². The lowest BCUT2D eigenvalue weighted by molar-refractivity contribution is -0.121. The van der Waals surface area contributed by atoms with Crippen LogP contribution in [0.2, 0.25) is 0 Å². The molecule has 152 valence electrons. The van der Waals surface area contributed by atoms with E-state index < -0.39 is 0 Å². The number of likely N-dealkylation sites (tertiary alicyclic amines) is 1. The summed E-state index contributed by atoms with van der Waals surface area (Å²) in [6.45, 7) is 2.41. The molecule has 7 nitrogen and oxygen atoms in total. The molecule has 4 aromatic rings. The number of carbonyl (C=O) groups excluding carboxylic acids is 1. The molecule has 0 bridgehead atoms. The third kappa shape index (κ3) is 3.84. The van der Waals surface area contributed by atoms with Crippen molar-refractivity contribution in [2.45, 2.75) is 19.4 Å². The molecule has 1 aliphatic heterocycles. The second kappa shape index (κ2) is 8.12. The van der Waals surface area contributed by atoms with Crippen LogP contribution in [0.5, 0.6) is 0 Å². The zero-order valence-electron chi connectivity index (χ0n) is 16.5. The molecule has 0 spiro atoms. The van der Waals surface area contributed by atoms with Gasteiger partial charge in [-0.25, -0.2) is 4.63 Å². The molecule has 0 saturated carbocycles. The Morgan fingerprint density at radius 2 is 2.00 bits per heavy atom. The average molecular weight is 402 g/mol. The Hall–Kier alpha value is -3.45. The van der Waals surface area contributed by atoms with Gasteiger partial charge in [-0.15, -0.1) is 0 Å². The summed E-state index contributed by atoms with van der Waals surface area (Å²) in [5.74, 6) is 0.832. The van der Waals surface area contributed by atoms with Crippen molar-refractivity contribution in [1.82, 2.24) is 15.2 Å². The Balaban J connectivity index is 1.22. The van der Waals surface area contributed by atoms with Crippen LogP contribution >= 0.6 is 0 Å².